The van der Waals surface area contributed by atoms with Gasteiger partial charge in [-0.3, -0.25) is 9.59 Å². The van der Waals surface area contributed by atoms with Gasteiger partial charge in [-0.15, -0.1) is 0 Å². The Labute approximate surface area is 176 Å². The van der Waals surface area contributed by atoms with Crippen molar-refractivity contribution in [3.8, 4) is 11.5 Å². The van der Waals surface area contributed by atoms with Crippen LogP contribution in [0.25, 0.3) is 0 Å². The molecule has 2 aromatic carbocycles. The summed E-state index contributed by atoms with van der Waals surface area (Å²) in [4.78, 5) is 27.2. The largest absolute Gasteiger partial charge is 0.497 e. The molecule has 0 saturated carbocycles. The Kier molecular flexibility index (Phi) is 8.61. The molecule has 30 heavy (non-hydrogen) atoms. The number of likely N-dealkylation sites (N-methyl/N-ethyl adjacent to an activating group) is 2. The number of carbonyl (C=O) groups excluding carboxylic acids is 2. The average Bonchev–Trinajstić information content (AvgIpc) is 2.73. The maximum atomic E-state index is 13.9. The van der Waals surface area contributed by atoms with Crippen LogP contribution >= 0.6 is 0 Å². The van der Waals surface area contributed by atoms with Crippen molar-refractivity contribution >= 4 is 17.5 Å². The molecule has 2 rings (SSSR count). The molecule has 162 valence electrons. The number of methoxy groups -OCH3 is 2. The molecular weight excluding hydrogens is 389 g/mol. The van der Waals surface area contributed by atoms with E-state index in [0.717, 1.165) is 10.5 Å². The number of halogens is 1. The number of ether oxygens (including phenoxy) is 2. The van der Waals surface area contributed by atoms with E-state index in [1.807, 2.05) is 6.92 Å². The van der Waals surface area contributed by atoms with E-state index in [1.165, 1.54) is 18.1 Å². The Morgan fingerprint density at radius 1 is 1.13 bits per heavy atom. The fraction of sp³-hybridized carbons (Fsp3) is 0.364. The quantitative estimate of drug-likeness (QED) is 0.611. The lowest BCUT2D eigenvalue weighted by Crippen LogP contribution is -3.11. The number of hydrogen-bond acceptors (Lipinski definition) is 4. The van der Waals surface area contributed by atoms with Crippen molar-refractivity contribution in [2.24, 2.45) is 0 Å². The minimum Gasteiger partial charge on any atom is -0.497 e. The van der Waals surface area contributed by atoms with E-state index in [4.69, 9.17) is 9.47 Å². The summed E-state index contributed by atoms with van der Waals surface area (Å²) in [5, 5.41) is 2.75. The molecule has 0 aliphatic carbocycles. The number of nitrogens with one attached hydrogen (secondary N) is 2. The Morgan fingerprint density at radius 2 is 1.90 bits per heavy atom. The molecule has 1 atom stereocenters. The Hall–Kier alpha value is -3.13. The van der Waals surface area contributed by atoms with Gasteiger partial charge >= 0.3 is 0 Å². The summed E-state index contributed by atoms with van der Waals surface area (Å²) in [5.74, 6) is -0.0665. The fourth-order valence-electron chi connectivity index (χ4n) is 2.97. The third-order valence-corrected chi connectivity index (χ3v) is 4.73. The predicted molar refractivity (Wildman–Crippen MR) is 112 cm³/mol. The zero-order valence-electron chi connectivity index (χ0n) is 17.8. The van der Waals surface area contributed by atoms with E-state index in [1.54, 1.807) is 50.6 Å². The summed E-state index contributed by atoms with van der Waals surface area (Å²) in [7, 11) is 4.56. The van der Waals surface area contributed by atoms with Crippen molar-refractivity contribution in [3.63, 3.8) is 0 Å². The van der Waals surface area contributed by atoms with Gasteiger partial charge in [-0.05, 0) is 37.3 Å². The zero-order valence-corrected chi connectivity index (χ0v) is 17.8. The number of rotatable bonds is 10. The maximum absolute atomic E-state index is 13.9. The van der Waals surface area contributed by atoms with Gasteiger partial charge in [-0.1, -0.05) is 6.07 Å². The van der Waals surface area contributed by atoms with Crippen molar-refractivity contribution in [2.45, 2.75) is 13.5 Å². The molecule has 7 nitrogen and oxygen atoms in total. The van der Waals surface area contributed by atoms with Crippen LogP contribution < -0.4 is 19.7 Å². The summed E-state index contributed by atoms with van der Waals surface area (Å²) in [6.07, 6.45) is 0. The highest BCUT2D eigenvalue weighted by atomic mass is 19.1. The smallest absolute Gasteiger partial charge is 0.277 e. The monoisotopic (exact) mass is 418 g/mol. The zero-order chi connectivity index (χ0) is 22.1. The van der Waals surface area contributed by atoms with Crippen LogP contribution in [0.1, 0.15) is 12.5 Å². The first-order chi connectivity index (χ1) is 14.4. The lowest BCUT2D eigenvalue weighted by atomic mass is 10.2. The second kappa shape index (κ2) is 11.2. The van der Waals surface area contributed by atoms with Gasteiger partial charge < -0.3 is 24.6 Å². The number of nitrogens with zero attached hydrogens (tertiary/aromatic N) is 1. The molecule has 0 heterocycles. The van der Waals surface area contributed by atoms with E-state index >= 15 is 0 Å². The molecule has 0 aliphatic rings. The van der Waals surface area contributed by atoms with E-state index in [0.29, 0.717) is 24.5 Å². The molecule has 0 aliphatic heterocycles. The van der Waals surface area contributed by atoms with E-state index in [9.17, 15) is 14.0 Å². The number of carbonyl (C=O) groups is 2. The molecule has 0 bridgehead atoms. The van der Waals surface area contributed by atoms with Gasteiger partial charge in [0.2, 0.25) is 5.91 Å². The average molecular weight is 418 g/mol. The fourth-order valence-corrected chi connectivity index (χ4v) is 2.97. The van der Waals surface area contributed by atoms with Crippen LogP contribution in [-0.2, 0) is 16.1 Å². The van der Waals surface area contributed by atoms with E-state index in [2.05, 4.69) is 5.32 Å². The molecule has 0 fully saturated rings. The van der Waals surface area contributed by atoms with Crippen LogP contribution in [0.3, 0.4) is 0 Å². The first-order valence-corrected chi connectivity index (χ1v) is 9.70. The van der Waals surface area contributed by atoms with Crippen molar-refractivity contribution in [3.05, 3.63) is 53.8 Å². The second-order valence-electron chi connectivity index (χ2n) is 6.96. The normalized spacial score (nSPS) is 11.5. The molecule has 0 aromatic heterocycles. The Bertz CT molecular complexity index is 875. The van der Waals surface area contributed by atoms with Gasteiger partial charge in [0.25, 0.3) is 5.91 Å². The van der Waals surface area contributed by atoms with Crippen LogP contribution in [-0.4, -0.2) is 57.6 Å². The topological polar surface area (TPSA) is 72.3 Å². The molecule has 2 aromatic rings. The third-order valence-electron chi connectivity index (χ3n) is 4.73. The predicted octanol–water partition coefficient (Wildman–Crippen LogP) is 1.34. The van der Waals surface area contributed by atoms with Gasteiger partial charge in [0.15, 0.2) is 18.1 Å². The lowest BCUT2D eigenvalue weighted by Gasteiger charge is -2.22. The molecule has 2 N–H and O–H groups in total. The van der Waals surface area contributed by atoms with Gasteiger partial charge in [0.05, 0.1) is 27.3 Å². The highest BCUT2D eigenvalue weighted by Gasteiger charge is 2.19. The number of amides is 2. The summed E-state index contributed by atoms with van der Waals surface area (Å²) in [5.41, 5.74) is 1.37. The first-order valence-electron chi connectivity index (χ1n) is 9.70. The van der Waals surface area contributed by atoms with Crippen LogP contribution in [0.4, 0.5) is 10.1 Å². The summed E-state index contributed by atoms with van der Waals surface area (Å²) in [6, 6.07) is 11.8. The minimum absolute atomic E-state index is 0.0653. The minimum atomic E-state index is -0.428. The first kappa shape index (κ1) is 23.2. The SMILES string of the molecule is CC[NH+](CC(=O)N(C)CC(=O)Nc1cccc(OC)c1)Cc1ccc(OC)c(F)c1. The van der Waals surface area contributed by atoms with E-state index < -0.39 is 5.82 Å². The van der Waals surface area contributed by atoms with Crippen LogP contribution in [0.2, 0.25) is 0 Å². The number of anilines is 1. The second-order valence-corrected chi connectivity index (χ2v) is 6.96. The molecule has 0 spiro atoms. The van der Waals surface area contributed by atoms with Gasteiger partial charge in [-0.2, -0.15) is 0 Å². The van der Waals surface area contributed by atoms with Gasteiger partial charge in [0, 0.05) is 24.4 Å². The highest BCUT2D eigenvalue weighted by Crippen LogP contribution is 2.17. The van der Waals surface area contributed by atoms with Gasteiger partial charge in [-0.25, -0.2) is 4.39 Å². The van der Waals surface area contributed by atoms with Crippen LogP contribution in [0.15, 0.2) is 42.5 Å². The maximum Gasteiger partial charge on any atom is 0.277 e. The molecule has 1 unspecified atom stereocenters. The van der Waals surface area contributed by atoms with Crippen LogP contribution in [0.5, 0.6) is 11.5 Å². The summed E-state index contributed by atoms with van der Waals surface area (Å²) in [6.45, 7) is 3.27. The molecular formula is C22H29FN3O4+. The summed E-state index contributed by atoms with van der Waals surface area (Å²) < 4.78 is 24.0. The Balaban J connectivity index is 1.89. The number of benzene rings is 2. The molecule has 2 amide bonds. The standard InChI is InChI=1S/C22H28FN3O4/c1-5-26(13-16-9-10-20(30-4)19(23)11-16)15-22(28)25(2)14-21(27)24-17-7-6-8-18(12-17)29-3/h6-12H,5,13-15H2,1-4H3,(H,24,27)/p+1. The van der Waals surface area contributed by atoms with Crippen molar-refractivity contribution < 1.29 is 28.4 Å². The van der Waals surface area contributed by atoms with Crippen molar-refractivity contribution in [2.75, 3.05) is 46.2 Å². The molecule has 8 heteroatoms. The molecule has 0 radical (unpaired) electrons. The van der Waals surface area contributed by atoms with Crippen LogP contribution in [0, 0.1) is 5.82 Å². The molecule has 0 saturated heterocycles. The third kappa shape index (κ3) is 6.73. The van der Waals surface area contributed by atoms with E-state index in [-0.39, 0.29) is 30.7 Å². The summed E-state index contributed by atoms with van der Waals surface area (Å²) >= 11 is 0. The van der Waals surface area contributed by atoms with Gasteiger partial charge in [0.1, 0.15) is 12.3 Å². The highest BCUT2D eigenvalue weighted by molar-refractivity contribution is 5.94. The Morgan fingerprint density at radius 3 is 2.53 bits per heavy atom. The van der Waals surface area contributed by atoms with Crippen molar-refractivity contribution in [1.29, 1.82) is 0 Å². The lowest BCUT2D eigenvalue weighted by molar-refractivity contribution is -0.904. The number of hydrogen-bond donors (Lipinski definition) is 2. The van der Waals surface area contributed by atoms with Crippen molar-refractivity contribution in [1.82, 2.24) is 4.90 Å². The number of quaternary nitrogens is 1.